The average Bonchev–Trinajstić information content (AvgIpc) is 2.67. The highest BCUT2D eigenvalue weighted by Gasteiger charge is 2.59. The van der Waals surface area contributed by atoms with Crippen LogP contribution in [-0.4, -0.2) is 41.2 Å². The fourth-order valence-electron chi connectivity index (χ4n) is 4.71. The number of amides is 2. The van der Waals surface area contributed by atoms with Gasteiger partial charge in [-0.1, -0.05) is 37.5 Å². The first-order valence-electron chi connectivity index (χ1n) is 9.25. The zero-order valence-electron chi connectivity index (χ0n) is 14.5. The van der Waals surface area contributed by atoms with Crippen molar-refractivity contribution in [3.8, 4) is 6.57 Å². The van der Waals surface area contributed by atoms with Crippen LogP contribution in [0.4, 0.5) is 0 Å². The first kappa shape index (κ1) is 16.1. The Bertz CT molecular complexity index is 748. The Balaban J connectivity index is 1.69. The molecule has 1 saturated heterocycles. The highest BCUT2D eigenvalue weighted by molar-refractivity contribution is 5.88. The number of benzene rings is 1. The minimum absolute atomic E-state index is 0.0433. The summed E-state index contributed by atoms with van der Waals surface area (Å²) >= 11 is 0. The highest BCUT2D eigenvalue weighted by atomic mass is 16.2. The lowest BCUT2D eigenvalue weighted by atomic mass is 9.84. The number of carbonyl (C=O) groups is 2. The summed E-state index contributed by atoms with van der Waals surface area (Å²) in [7, 11) is 0. The second-order valence-corrected chi connectivity index (χ2v) is 7.43. The Morgan fingerprint density at radius 2 is 1.96 bits per heavy atom. The molecule has 2 fully saturated rings. The van der Waals surface area contributed by atoms with Gasteiger partial charge in [0.25, 0.3) is 6.57 Å². The van der Waals surface area contributed by atoms with E-state index in [0.29, 0.717) is 13.1 Å². The van der Waals surface area contributed by atoms with Crippen LogP contribution >= 0.6 is 0 Å². The number of carbonyl (C=O) groups excluding carboxylic acids is 2. The maximum atomic E-state index is 13.0. The summed E-state index contributed by atoms with van der Waals surface area (Å²) in [6.07, 6.45) is 6.05. The standard InChI is InChI=1S/C20H24N3O2/c1-21-20-14-22(19(25)16-8-3-2-4-9-16)13-18(24)23(20)12-11-15-7-5-6-10-17(15)20/h1,5-7,10,16H,2-4,8-9,11-14H2/q+1/t20-/m0/s1. The largest absolute Gasteiger partial charge is 0.401 e. The molecule has 1 aliphatic carbocycles. The number of piperazine rings is 1. The first-order chi connectivity index (χ1) is 12.2. The molecule has 1 saturated carbocycles. The average molecular weight is 338 g/mol. The van der Waals surface area contributed by atoms with Crippen molar-refractivity contribution < 1.29 is 9.59 Å². The summed E-state index contributed by atoms with van der Waals surface area (Å²) in [6, 6.07) is 7.99. The molecule has 0 radical (unpaired) electrons. The molecule has 0 N–H and O–H groups in total. The van der Waals surface area contributed by atoms with Crippen LogP contribution in [0.1, 0.15) is 43.2 Å². The molecule has 130 valence electrons. The van der Waals surface area contributed by atoms with E-state index < -0.39 is 5.66 Å². The fourth-order valence-corrected chi connectivity index (χ4v) is 4.71. The van der Waals surface area contributed by atoms with Crippen molar-refractivity contribution in [3.63, 3.8) is 0 Å². The molecule has 1 aromatic carbocycles. The number of nitrogens with zero attached hydrogens (tertiary/aromatic N) is 3. The Kier molecular flexibility index (Phi) is 3.99. The van der Waals surface area contributed by atoms with Crippen molar-refractivity contribution in [3.05, 3.63) is 40.2 Å². The molecule has 2 heterocycles. The number of hydrogen-bond donors (Lipinski definition) is 0. The van der Waals surface area contributed by atoms with E-state index in [4.69, 9.17) is 6.57 Å². The van der Waals surface area contributed by atoms with E-state index in [1.54, 1.807) is 9.80 Å². The van der Waals surface area contributed by atoms with Crippen molar-refractivity contribution in [2.45, 2.75) is 44.2 Å². The molecule has 5 nitrogen and oxygen atoms in total. The third-order valence-corrected chi connectivity index (χ3v) is 6.02. The van der Waals surface area contributed by atoms with Crippen LogP contribution in [0.25, 0.3) is 4.85 Å². The molecular weight excluding hydrogens is 314 g/mol. The van der Waals surface area contributed by atoms with Gasteiger partial charge in [-0.3, -0.25) is 14.5 Å². The lowest BCUT2D eigenvalue weighted by Crippen LogP contribution is -2.65. The smallest absolute Gasteiger partial charge is 0.322 e. The predicted octanol–water partition coefficient (Wildman–Crippen LogP) is 2.61. The molecule has 0 unspecified atom stereocenters. The molecular formula is C20H24N3O2+. The van der Waals surface area contributed by atoms with Crippen molar-refractivity contribution in [1.29, 1.82) is 0 Å². The van der Waals surface area contributed by atoms with Crippen LogP contribution in [0, 0.1) is 12.5 Å². The van der Waals surface area contributed by atoms with E-state index in [9.17, 15) is 9.59 Å². The van der Waals surface area contributed by atoms with Crippen LogP contribution in [0.5, 0.6) is 0 Å². The maximum Gasteiger partial charge on any atom is 0.401 e. The van der Waals surface area contributed by atoms with Crippen LogP contribution in [0.2, 0.25) is 0 Å². The van der Waals surface area contributed by atoms with Gasteiger partial charge in [0, 0.05) is 12.5 Å². The third kappa shape index (κ3) is 2.52. The van der Waals surface area contributed by atoms with Crippen molar-refractivity contribution in [1.82, 2.24) is 9.80 Å². The monoisotopic (exact) mass is 338 g/mol. The molecule has 2 amide bonds. The summed E-state index contributed by atoms with van der Waals surface area (Å²) < 4.78 is 0. The molecule has 2 aliphatic heterocycles. The predicted molar refractivity (Wildman–Crippen MR) is 95.0 cm³/mol. The highest BCUT2D eigenvalue weighted by Crippen LogP contribution is 2.40. The topological polar surface area (TPSA) is 45.0 Å². The van der Waals surface area contributed by atoms with Gasteiger partial charge < -0.3 is 4.90 Å². The summed E-state index contributed by atoms with van der Waals surface area (Å²) in [5, 5.41) is 0. The Morgan fingerprint density at radius 1 is 1.20 bits per heavy atom. The van der Waals surface area contributed by atoms with Gasteiger partial charge in [-0.05, 0) is 35.7 Å². The second kappa shape index (κ2) is 6.18. The van der Waals surface area contributed by atoms with Crippen LogP contribution in [0.3, 0.4) is 0 Å². The van der Waals surface area contributed by atoms with E-state index in [-0.39, 0.29) is 24.3 Å². The number of fused-ring (bicyclic) bond motifs is 3. The molecule has 25 heavy (non-hydrogen) atoms. The van der Waals surface area contributed by atoms with Gasteiger partial charge in [0.2, 0.25) is 11.8 Å². The Morgan fingerprint density at radius 3 is 2.72 bits per heavy atom. The van der Waals surface area contributed by atoms with Gasteiger partial charge >= 0.3 is 5.66 Å². The molecule has 1 aromatic rings. The number of rotatable bonds is 1. The quantitative estimate of drug-likeness (QED) is 0.790. The molecule has 5 heteroatoms. The zero-order chi connectivity index (χ0) is 17.4. The van der Waals surface area contributed by atoms with E-state index in [0.717, 1.165) is 43.2 Å². The SMILES string of the molecule is C#[N+][C@@]12CN(C(=O)C3CCCCC3)CC(=O)N1CCc1ccccc12. The lowest BCUT2D eigenvalue weighted by molar-refractivity contribution is -0.156. The molecule has 4 rings (SSSR count). The van der Waals surface area contributed by atoms with Crippen LogP contribution in [0.15, 0.2) is 24.3 Å². The summed E-state index contributed by atoms with van der Waals surface area (Å²) in [4.78, 5) is 33.5. The van der Waals surface area contributed by atoms with E-state index in [2.05, 4.69) is 10.9 Å². The van der Waals surface area contributed by atoms with Crippen molar-refractivity contribution in [2.24, 2.45) is 5.92 Å². The van der Waals surface area contributed by atoms with Crippen LogP contribution < -0.4 is 0 Å². The second-order valence-electron chi connectivity index (χ2n) is 7.43. The van der Waals surface area contributed by atoms with Gasteiger partial charge in [-0.25, -0.2) is 0 Å². The molecule has 0 aromatic heterocycles. The normalized spacial score (nSPS) is 26.6. The minimum Gasteiger partial charge on any atom is -0.322 e. The molecule has 3 aliphatic rings. The van der Waals surface area contributed by atoms with E-state index in [1.807, 2.05) is 18.2 Å². The van der Waals surface area contributed by atoms with E-state index in [1.165, 1.54) is 6.42 Å². The maximum absolute atomic E-state index is 13.0. The Labute approximate surface area is 148 Å². The van der Waals surface area contributed by atoms with Gasteiger partial charge in [-0.15, -0.1) is 0 Å². The first-order valence-corrected chi connectivity index (χ1v) is 9.25. The van der Waals surface area contributed by atoms with E-state index >= 15 is 0 Å². The Hall–Kier alpha value is -2.35. The zero-order valence-corrected chi connectivity index (χ0v) is 14.5. The molecule has 1 atom stereocenters. The van der Waals surface area contributed by atoms with Crippen molar-refractivity contribution >= 4 is 11.8 Å². The minimum atomic E-state index is -0.936. The van der Waals surface area contributed by atoms with Crippen molar-refractivity contribution in [2.75, 3.05) is 19.6 Å². The molecule has 0 spiro atoms. The van der Waals surface area contributed by atoms with Gasteiger partial charge in [0.1, 0.15) is 13.1 Å². The lowest BCUT2D eigenvalue weighted by Gasteiger charge is -2.44. The van der Waals surface area contributed by atoms with Crippen LogP contribution in [-0.2, 0) is 21.7 Å². The summed E-state index contributed by atoms with van der Waals surface area (Å²) in [5.41, 5.74) is 1.18. The number of hydrogen-bond acceptors (Lipinski definition) is 2. The van der Waals surface area contributed by atoms with Gasteiger partial charge in [-0.2, -0.15) is 0 Å². The van der Waals surface area contributed by atoms with Gasteiger partial charge in [0.05, 0.1) is 5.56 Å². The van der Waals surface area contributed by atoms with Gasteiger partial charge in [0.15, 0.2) is 0 Å². The third-order valence-electron chi connectivity index (χ3n) is 6.02. The fraction of sp³-hybridized carbons (Fsp3) is 0.550. The molecule has 0 bridgehead atoms. The summed E-state index contributed by atoms with van der Waals surface area (Å²) in [6.45, 7) is 6.97. The summed E-state index contributed by atoms with van der Waals surface area (Å²) in [5.74, 6) is 0.0830.